The lowest BCUT2D eigenvalue weighted by Crippen LogP contribution is -2.14. The van der Waals surface area contributed by atoms with Crippen LogP contribution in [0.25, 0.3) is 6.08 Å². The maximum atomic E-state index is 12.4. The predicted octanol–water partition coefficient (Wildman–Crippen LogP) is 3.55. The second kappa shape index (κ2) is 9.77. The van der Waals surface area contributed by atoms with E-state index in [2.05, 4.69) is 15.0 Å². The van der Waals surface area contributed by atoms with Crippen LogP contribution >= 0.6 is 0 Å². The van der Waals surface area contributed by atoms with E-state index in [-0.39, 0.29) is 16.6 Å². The van der Waals surface area contributed by atoms with E-state index >= 15 is 0 Å². The highest BCUT2D eigenvalue weighted by atomic mass is 32.2. The largest absolute Gasteiger partial charge is 0.493 e. The standard InChI is InChI=1S/C22H21N3O5S/c1-29-19-12-6-16(15-20(19)30-2)7-13-22(26)24-17-8-10-18(11-9-17)31(27,28)25-21-5-3-4-14-23-21/h3-15H,1-2H3,(H,23,25)(H,24,26). The van der Waals surface area contributed by atoms with Crippen LogP contribution in [0.15, 0.2) is 77.8 Å². The molecule has 2 N–H and O–H groups in total. The van der Waals surface area contributed by atoms with Gasteiger partial charge in [0.2, 0.25) is 5.91 Å². The molecule has 3 rings (SSSR count). The van der Waals surface area contributed by atoms with Crippen LogP contribution < -0.4 is 19.5 Å². The predicted molar refractivity (Wildman–Crippen MR) is 119 cm³/mol. The van der Waals surface area contributed by atoms with Crippen molar-refractivity contribution >= 4 is 33.5 Å². The minimum Gasteiger partial charge on any atom is -0.493 e. The first-order chi connectivity index (χ1) is 14.9. The summed E-state index contributed by atoms with van der Waals surface area (Å²) >= 11 is 0. The summed E-state index contributed by atoms with van der Waals surface area (Å²) in [7, 11) is -0.695. The van der Waals surface area contributed by atoms with E-state index in [9.17, 15) is 13.2 Å². The normalized spacial score (nSPS) is 11.2. The first-order valence-electron chi connectivity index (χ1n) is 9.16. The lowest BCUT2D eigenvalue weighted by atomic mass is 10.2. The number of anilines is 2. The van der Waals surface area contributed by atoms with Gasteiger partial charge in [0.15, 0.2) is 11.5 Å². The molecule has 0 aliphatic heterocycles. The number of aromatic nitrogens is 1. The molecule has 1 aromatic heterocycles. The number of carbonyl (C=O) groups excluding carboxylic acids is 1. The Labute approximate surface area is 180 Å². The van der Waals surface area contributed by atoms with E-state index in [0.717, 1.165) is 5.56 Å². The average Bonchev–Trinajstić information content (AvgIpc) is 2.78. The monoisotopic (exact) mass is 439 g/mol. The van der Waals surface area contributed by atoms with Crippen LogP contribution in [0.3, 0.4) is 0 Å². The Hall–Kier alpha value is -3.85. The van der Waals surface area contributed by atoms with Gasteiger partial charge in [0.1, 0.15) is 5.82 Å². The number of amides is 1. The molecule has 0 radical (unpaired) electrons. The molecule has 0 spiro atoms. The van der Waals surface area contributed by atoms with Gasteiger partial charge in [0.05, 0.1) is 19.1 Å². The summed E-state index contributed by atoms with van der Waals surface area (Å²) in [5, 5.41) is 2.68. The van der Waals surface area contributed by atoms with Crippen molar-refractivity contribution < 1.29 is 22.7 Å². The molecule has 0 saturated heterocycles. The molecule has 1 heterocycles. The smallest absolute Gasteiger partial charge is 0.263 e. The summed E-state index contributed by atoms with van der Waals surface area (Å²) in [6.45, 7) is 0. The summed E-state index contributed by atoms with van der Waals surface area (Å²) < 4.78 is 37.7. The zero-order valence-corrected chi connectivity index (χ0v) is 17.7. The van der Waals surface area contributed by atoms with E-state index in [1.807, 2.05) is 0 Å². The van der Waals surface area contributed by atoms with E-state index < -0.39 is 10.0 Å². The maximum Gasteiger partial charge on any atom is 0.263 e. The second-order valence-electron chi connectivity index (χ2n) is 6.28. The Morgan fingerprint density at radius 2 is 1.71 bits per heavy atom. The molecule has 0 unspecified atom stereocenters. The third kappa shape index (κ3) is 5.83. The highest BCUT2D eigenvalue weighted by molar-refractivity contribution is 7.92. The Balaban J connectivity index is 1.64. The first kappa shape index (κ1) is 21.8. The summed E-state index contributed by atoms with van der Waals surface area (Å²) in [6.07, 6.45) is 4.49. The summed E-state index contributed by atoms with van der Waals surface area (Å²) in [4.78, 5) is 16.2. The molecular formula is C22H21N3O5S. The van der Waals surface area contributed by atoms with E-state index in [1.165, 1.54) is 43.6 Å². The quantitative estimate of drug-likeness (QED) is 0.520. The molecule has 1 amide bonds. The molecule has 31 heavy (non-hydrogen) atoms. The molecule has 0 aliphatic rings. The Morgan fingerprint density at radius 1 is 0.968 bits per heavy atom. The summed E-state index contributed by atoms with van der Waals surface area (Å²) in [6, 6.07) is 16.0. The number of carbonyl (C=O) groups is 1. The van der Waals surface area contributed by atoms with Gasteiger partial charge < -0.3 is 14.8 Å². The Morgan fingerprint density at radius 3 is 2.35 bits per heavy atom. The second-order valence-corrected chi connectivity index (χ2v) is 7.96. The fraction of sp³-hybridized carbons (Fsp3) is 0.0909. The fourth-order valence-electron chi connectivity index (χ4n) is 2.65. The number of sulfonamides is 1. The van der Waals surface area contributed by atoms with Gasteiger partial charge in [-0.2, -0.15) is 0 Å². The van der Waals surface area contributed by atoms with E-state index in [1.54, 1.807) is 49.6 Å². The number of ether oxygens (including phenoxy) is 2. The van der Waals surface area contributed by atoms with Crippen LogP contribution in [-0.4, -0.2) is 33.5 Å². The van der Waals surface area contributed by atoms with Crippen molar-refractivity contribution in [2.75, 3.05) is 24.3 Å². The molecule has 0 aliphatic carbocycles. The van der Waals surface area contributed by atoms with Crippen LogP contribution in [0.2, 0.25) is 0 Å². The van der Waals surface area contributed by atoms with Crippen LogP contribution in [0.4, 0.5) is 11.5 Å². The summed E-state index contributed by atoms with van der Waals surface area (Å²) in [5.74, 6) is 1.01. The van der Waals surface area contributed by atoms with Crippen LogP contribution in [0, 0.1) is 0 Å². The van der Waals surface area contributed by atoms with E-state index in [4.69, 9.17) is 9.47 Å². The van der Waals surface area contributed by atoms with Gasteiger partial charge in [-0.1, -0.05) is 12.1 Å². The van der Waals surface area contributed by atoms with Crippen molar-refractivity contribution in [3.8, 4) is 11.5 Å². The van der Waals surface area contributed by atoms with Crippen LogP contribution in [0.1, 0.15) is 5.56 Å². The Kier molecular flexibility index (Phi) is 6.88. The van der Waals surface area contributed by atoms with Gasteiger partial charge in [-0.3, -0.25) is 9.52 Å². The fourth-order valence-corrected chi connectivity index (χ4v) is 3.66. The zero-order valence-electron chi connectivity index (χ0n) is 16.9. The maximum absolute atomic E-state index is 12.4. The molecule has 0 saturated carbocycles. The van der Waals surface area contributed by atoms with Crippen molar-refractivity contribution in [2.24, 2.45) is 0 Å². The van der Waals surface area contributed by atoms with Crippen LogP contribution in [0.5, 0.6) is 11.5 Å². The van der Waals surface area contributed by atoms with Gasteiger partial charge in [0, 0.05) is 18.0 Å². The van der Waals surface area contributed by atoms with Crippen molar-refractivity contribution in [1.82, 2.24) is 4.98 Å². The number of benzene rings is 2. The highest BCUT2D eigenvalue weighted by Crippen LogP contribution is 2.28. The van der Waals surface area contributed by atoms with Crippen molar-refractivity contribution in [3.63, 3.8) is 0 Å². The molecule has 0 fully saturated rings. The van der Waals surface area contributed by atoms with Gasteiger partial charge in [0.25, 0.3) is 10.0 Å². The molecule has 0 atom stereocenters. The van der Waals surface area contributed by atoms with Gasteiger partial charge >= 0.3 is 0 Å². The number of nitrogens with one attached hydrogen (secondary N) is 2. The Bertz CT molecular complexity index is 1180. The van der Waals surface area contributed by atoms with Crippen molar-refractivity contribution in [1.29, 1.82) is 0 Å². The topological polar surface area (TPSA) is 107 Å². The minimum absolute atomic E-state index is 0.0528. The molecule has 8 nitrogen and oxygen atoms in total. The molecule has 3 aromatic rings. The van der Waals surface area contributed by atoms with Crippen LogP contribution in [-0.2, 0) is 14.8 Å². The number of pyridine rings is 1. The van der Waals surface area contributed by atoms with Gasteiger partial charge in [-0.05, 0) is 60.2 Å². The molecule has 2 aromatic carbocycles. The third-order valence-corrected chi connectivity index (χ3v) is 5.54. The minimum atomic E-state index is -3.78. The average molecular weight is 439 g/mol. The number of rotatable bonds is 8. The van der Waals surface area contributed by atoms with E-state index in [0.29, 0.717) is 17.2 Å². The number of nitrogens with zero attached hydrogens (tertiary/aromatic N) is 1. The number of hydrogen-bond donors (Lipinski definition) is 2. The van der Waals surface area contributed by atoms with Gasteiger partial charge in [-0.15, -0.1) is 0 Å². The lowest BCUT2D eigenvalue weighted by Gasteiger charge is -2.08. The highest BCUT2D eigenvalue weighted by Gasteiger charge is 2.14. The SMILES string of the molecule is COc1ccc(C=CC(=O)Nc2ccc(S(=O)(=O)Nc3ccccn3)cc2)cc1OC. The third-order valence-electron chi connectivity index (χ3n) is 4.17. The van der Waals surface area contributed by atoms with Crippen molar-refractivity contribution in [3.05, 3.63) is 78.5 Å². The zero-order chi connectivity index (χ0) is 22.3. The number of methoxy groups -OCH3 is 2. The van der Waals surface area contributed by atoms with Gasteiger partial charge in [-0.25, -0.2) is 13.4 Å². The molecule has 160 valence electrons. The lowest BCUT2D eigenvalue weighted by molar-refractivity contribution is -0.111. The molecule has 9 heteroatoms. The number of hydrogen-bond acceptors (Lipinski definition) is 6. The molecular weight excluding hydrogens is 418 g/mol. The first-order valence-corrected chi connectivity index (χ1v) is 10.6. The van der Waals surface area contributed by atoms with Crippen molar-refractivity contribution in [2.45, 2.75) is 4.90 Å². The summed E-state index contributed by atoms with van der Waals surface area (Å²) in [5.41, 5.74) is 1.22. The molecule has 0 bridgehead atoms.